The Morgan fingerprint density at radius 3 is 2.03 bits per heavy atom. The van der Waals surface area contributed by atoms with Crippen LogP contribution >= 0.6 is 0 Å². The second-order valence-corrected chi connectivity index (χ2v) is 8.01. The van der Waals surface area contributed by atoms with Crippen molar-refractivity contribution in [2.45, 2.75) is 30.9 Å². The van der Waals surface area contributed by atoms with Crippen molar-refractivity contribution in [3.8, 4) is 17.6 Å². The van der Waals surface area contributed by atoms with Gasteiger partial charge in [-0.15, -0.1) is 0 Å². The van der Waals surface area contributed by atoms with Crippen LogP contribution in [0.25, 0.3) is 0 Å². The maximum atomic E-state index is 12.3. The number of hydrogen-bond acceptors (Lipinski definition) is 5. The van der Waals surface area contributed by atoms with E-state index in [1.807, 2.05) is 72.8 Å². The predicted octanol–water partition coefficient (Wildman–Crippen LogP) is 4.87. The molecule has 3 aromatic rings. The van der Waals surface area contributed by atoms with Gasteiger partial charge in [0, 0.05) is 29.4 Å². The molecule has 0 radical (unpaired) electrons. The van der Waals surface area contributed by atoms with Gasteiger partial charge in [0.15, 0.2) is 0 Å². The number of nitrogens with zero attached hydrogens (tertiary/aromatic N) is 2. The van der Waals surface area contributed by atoms with Crippen LogP contribution in [0.1, 0.15) is 36.0 Å². The van der Waals surface area contributed by atoms with Crippen molar-refractivity contribution in [3.63, 3.8) is 0 Å². The average Bonchev–Trinajstić information content (AvgIpc) is 3.32. The van der Waals surface area contributed by atoms with Crippen LogP contribution in [0, 0.1) is 11.3 Å². The summed E-state index contributed by atoms with van der Waals surface area (Å²) < 4.78 is 11.2. The molecule has 0 bridgehead atoms. The number of ether oxygens (including phenoxy) is 2. The highest BCUT2D eigenvalue weighted by atomic mass is 16.5. The molecule has 0 saturated carbocycles. The summed E-state index contributed by atoms with van der Waals surface area (Å²) in [6.45, 7) is 0.939. The van der Waals surface area contributed by atoms with Crippen molar-refractivity contribution >= 4 is 5.69 Å². The van der Waals surface area contributed by atoms with Crippen LogP contribution in [0.15, 0.2) is 72.8 Å². The molecule has 1 aliphatic heterocycles. The fourth-order valence-electron chi connectivity index (χ4n) is 4.73. The van der Waals surface area contributed by atoms with E-state index in [2.05, 4.69) is 11.0 Å². The van der Waals surface area contributed by atoms with E-state index in [4.69, 9.17) is 14.7 Å². The number of hydrogen-bond donors (Lipinski definition) is 1. The van der Waals surface area contributed by atoms with Crippen LogP contribution in [0.5, 0.6) is 11.5 Å². The first-order valence-corrected chi connectivity index (χ1v) is 10.9. The Labute approximate surface area is 189 Å². The van der Waals surface area contributed by atoms with Gasteiger partial charge in [0.05, 0.1) is 26.7 Å². The van der Waals surface area contributed by atoms with E-state index < -0.39 is 5.60 Å². The number of rotatable bonds is 7. The van der Waals surface area contributed by atoms with Crippen molar-refractivity contribution in [1.82, 2.24) is 0 Å². The number of anilines is 1. The molecular weight excluding hydrogens is 400 g/mol. The molecule has 0 spiro atoms. The first kappa shape index (κ1) is 21.7. The van der Waals surface area contributed by atoms with E-state index in [1.165, 1.54) is 0 Å². The summed E-state index contributed by atoms with van der Waals surface area (Å²) in [5, 5.41) is 21.5. The zero-order chi connectivity index (χ0) is 22.6. The lowest BCUT2D eigenvalue weighted by Crippen LogP contribution is -2.31. The molecule has 5 heteroatoms. The lowest BCUT2D eigenvalue weighted by molar-refractivity contribution is 0.118. The number of methoxy groups -OCH3 is 2. The highest BCUT2D eigenvalue weighted by Gasteiger charge is 2.39. The molecule has 3 aromatic carbocycles. The molecule has 0 amide bonds. The van der Waals surface area contributed by atoms with Crippen LogP contribution in [0.2, 0.25) is 0 Å². The molecule has 1 fully saturated rings. The highest BCUT2D eigenvalue weighted by molar-refractivity contribution is 5.59. The maximum Gasteiger partial charge on any atom is 0.147 e. The third kappa shape index (κ3) is 3.79. The Morgan fingerprint density at radius 1 is 0.938 bits per heavy atom. The van der Waals surface area contributed by atoms with E-state index in [9.17, 15) is 5.11 Å². The lowest BCUT2D eigenvalue weighted by atomic mass is 9.79. The lowest BCUT2D eigenvalue weighted by Gasteiger charge is -2.33. The summed E-state index contributed by atoms with van der Waals surface area (Å²) in [6, 6.07) is 25.5. The quantitative estimate of drug-likeness (QED) is 0.544. The summed E-state index contributed by atoms with van der Waals surface area (Å²) >= 11 is 0. The summed E-state index contributed by atoms with van der Waals surface area (Å²) in [6.07, 6.45) is 2.64. The molecule has 1 saturated heterocycles. The number of nitriles is 1. The van der Waals surface area contributed by atoms with Gasteiger partial charge in [0.2, 0.25) is 0 Å². The number of para-hydroxylation sites is 2. The monoisotopic (exact) mass is 428 g/mol. The van der Waals surface area contributed by atoms with Crippen LogP contribution in [0.4, 0.5) is 5.69 Å². The maximum absolute atomic E-state index is 12.3. The Bertz CT molecular complexity index is 1060. The van der Waals surface area contributed by atoms with Crippen molar-refractivity contribution in [1.29, 1.82) is 5.26 Å². The fraction of sp³-hybridized carbons (Fsp3) is 0.296. The minimum absolute atomic E-state index is 0.244. The zero-order valence-electron chi connectivity index (χ0n) is 18.5. The predicted molar refractivity (Wildman–Crippen MR) is 125 cm³/mol. The van der Waals surface area contributed by atoms with E-state index in [0.29, 0.717) is 34.6 Å². The molecule has 1 unspecified atom stereocenters. The first-order chi connectivity index (χ1) is 15.6. The Morgan fingerprint density at radius 2 is 1.50 bits per heavy atom. The van der Waals surface area contributed by atoms with E-state index >= 15 is 0 Å². The zero-order valence-corrected chi connectivity index (χ0v) is 18.5. The molecule has 1 N–H and O–H groups in total. The molecule has 1 atom stereocenters. The standard InChI is InChI=1S/C27H28N2O3/c1-31-25-11-5-3-9-23(25)27(30,24-10-4-6-12-26(24)32-2)20-13-15-22(16-14-20)29-19-7-8-21(29)17-18-28/h3-6,9-16,21,30H,7-8,17,19H2,1-2H3. The highest BCUT2D eigenvalue weighted by Crippen LogP contribution is 2.45. The van der Waals surface area contributed by atoms with E-state index in [-0.39, 0.29) is 6.04 Å². The van der Waals surface area contributed by atoms with Gasteiger partial charge in [0.25, 0.3) is 0 Å². The Kier molecular flexibility index (Phi) is 6.34. The van der Waals surface area contributed by atoms with Crippen LogP contribution in [-0.4, -0.2) is 31.9 Å². The molecule has 4 rings (SSSR count). The van der Waals surface area contributed by atoms with Gasteiger partial charge < -0.3 is 19.5 Å². The van der Waals surface area contributed by atoms with Gasteiger partial charge in [-0.25, -0.2) is 0 Å². The fourth-order valence-corrected chi connectivity index (χ4v) is 4.73. The minimum Gasteiger partial charge on any atom is -0.496 e. The SMILES string of the molecule is COc1ccccc1C(O)(c1ccc(N2CCCC2CC#N)cc1)c1ccccc1OC. The molecular formula is C27H28N2O3. The number of benzene rings is 3. The van der Waals surface area contributed by atoms with Gasteiger partial charge in [-0.05, 0) is 42.7 Å². The second-order valence-electron chi connectivity index (χ2n) is 8.01. The molecule has 1 aliphatic rings. The van der Waals surface area contributed by atoms with Gasteiger partial charge >= 0.3 is 0 Å². The minimum atomic E-state index is -1.48. The molecule has 164 valence electrons. The summed E-state index contributed by atoms with van der Waals surface area (Å²) in [4.78, 5) is 2.29. The molecule has 0 aliphatic carbocycles. The smallest absolute Gasteiger partial charge is 0.147 e. The number of aliphatic hydroxyl groups is 1. The Balaban J connectivity index is 1.84. The van der Waals surface area contributed by atoms with Gasteiger partial charge in [-0.1, -0.05) is 48.5 Å². The largest absolute Gasteiger partial charge is 0.496 e. The summed E-state index contributed by atoms with van der Waals surface area (Å²) in [5.74, 6) is 1.19. The van der Waals surface area contributed by atoms with Gasteiger partial charge in [-0.2, -0.15) is 5.26 Å². The summed E-state index contributed by atoms with van der Waals surface area (Å²) in [5.41, 5.74) is 1.58. The van der Waals surface area contributed by atoms with Crippen molar-refractivity contribution in [2.24, 2.45) is 0 Å². The van der Waals surface area contributed by atoms with Crippen molar-refractivity contribution < 1.29 is 14.6 Å². The van der Waals surface area contributed by atoms with Gasteiger partial charge in [-0.3, -0.25) is 0 Å². The molecule has 32 heavy (non-hydrogen) atoms. The Hall–Kier alpha value is -3.49. The van der Waals surface area contributed by atoms with Crippen molar-refractivity contribution in [2.75, 3.05) is 25.7 Å². The van der Waals surface area contributed by atoms with Crippen LogP contribution in [0.3, 0.4) is 0 Å². The van der Waals surface area contributed by atoms with Crippen LogP contribution < -0.4 is 14.4 Å². The van der Waals surface area contributed by atoms with E-state index in [1.54, 1.807) is 14.2 Å². The first-order valence-electron chi connectivity index (χ1n) is 10.9. The van der Waals surface area contributed by atoms with Gasteiger partial charge in [0.1, 0.15) is 17.1 Å². The average molecular weight is 429 g/mol. The second kappa shape index (κ2) is 9.33. The third-order valence-corrected chi connectivity index (χ3v) is 6.31. The molecule has 5 nitrogen and oxygen atoms in total. The topological polar surface area (TPSA) is 65.7 Å². The third-order valence-electron chi connectivity index (χ3n) is 6.31. The normalized spacial score (nSPS) is 15.9. The van der Waals surface area contributed by atoms with E-state index in [0.717, 1.165) is 25.1 Å². The molecule has 0 aromatic heterocycles. The van der Waals surface area contributed by atoms with Crippen LogP contribution in [-0.2, 0) is 5.60 Å². The van der Waals surface area contributed by atoms with Crippen molar-refractivity contribution in [3.05, 3.63) is 89.5 Å². The summed E-state index contributed by atoms with van der Waals surface area (Å²) in [7, 11) is 3.21. The molecule has 1 heterocycles.